The van der Waals surface area contributed by atoms with Crippen LogP contribution >= 0.6 is 11.6 Å². The Morgan fingerprint density at radius 3 is 2.63 bits per heavy atom. The molecule has 30 heavy (non-hydrogen) atoms. The highest BCUT2D eigenvalue weighted by Crippen LogP contribution is 2.65. The number of aromatic nitrogens is 2. The molecule has 164 valence electrons. The van der Waals surface area contributed by atoms with E-state index in [4.69, 9.17) is 11.6 Å². The normalized spacial score (nSPS) is 39.8. The lowest BCUT2D eigenvalue weighted by molar-refractivity contribution is -0.151. The molecule has 1 aromatic rings. The summed E-state index contributed by atoms with van der Waals surface area (Å²) in [5.74, 6) is 0.792. The summed E-state index contributed by atoms with van der Waals surface area (Å²) < 4.78 is 1.64. The van der Waals surface area contributed by atoms with Crippen LogP contribution < -0.4 is 10.9 Å². The highest BCUT2D eigenvalue weighted by molar-refractivity contribution is 6.32. The largest absolute Gasteiger partial charge is 0.481 e. The Kier molecular flexibility index (Phi) is 4.92. The maximum Gasteiger partial charge on any atom is 0.303 e. The first-order chi connectivity index (χ1) is 14.3. The predicted molar refractivity (Wildman–Crippen MR) is 116 cm³/mol. The monoisotopic (exact) mass is 433 g/mol. The smallest absolute Gasteiger partial charge is 0.303 e. The number of carboxylic acid groups (broad SMARTS) is 1. The minimum Gasteiger partial charge on any atom is -0.481 e. The first-order valence-electron chi connectivity index (χ1n) is 11.6. The summed E-state index contributed by atoms with van der Waals surface area (Å²) >= 11 is 6.59. The SMILES string of the molecule is C[C@@H]1CCCC[C@@H]1Nc1cnn(C23C[C@H]4C[C@@H](CC(CC(=O)O)(C4)C2)C3)c(=O)c1Cl. The van der Waals surface area contributed by atoms with Gasteiger partial charge in [0.05, 0.1) is 23.8 Å². The summed E-state index contributed by atoms with van der Waals surface area (Å²) in [5, 5.41) is 17.9. The van der Waals surface area contributed by atoms with Crippen molar-refractivity contribution in [1.82, 2.24) is 9.78 Å². The number of hydrogen-bond acceptors (Lipinski definition) is 4. The average molecular weight is 434 g/mol. The minimum atomic E-state index is -0.730. The van der Waals surface area contributed by atoms with E-state index in [1.165, 1.54) is 19.3 Å². The van der Waals surface area contributed by atoms with Gasteiger partial charge in [-0.25, -0.2) is 4.68 Å². The van der Waals surface area contributed by atoms with Crippen molar-refractivity contribution in [2.24, 2.45) is 23.2 Å². The van der Waals surface area contributed by atoms with Crippen molar-refractivity contribution < 1.29 is 9.90 Å². The first-order valence-corrected chi connectivity index (χ1v) is 11.9. The summed E-state index contributed by atoms with van der Waals surface area (Å²) in [6, 6.07) is 0.326. The molecule has 0 unspecified atom stereocenters. The molecule has 4 bridgehead atoms. The summed E-state index contributed by atoms with van der Waals surface area (Å²) in [7, 11) is 0. The third-order valence-electron chi connectivity index (χ3n) is 8.50. The Labute approximate surface area is 182 Å². The van der Waals surface area contributed by atoms with E-state index in [1.54, 1.807) is 10.9 Å². The second-order valence-electron chi connectivity index (χ2n) is 10.9. The van der Waals surface area contributed by atoms with E-state index < -0.39 is 5.97 Å². The van der Waals surface area contributed by atoms with Gasteiger partial charge in [0.1, 0.15) is 5.02 Å². The van der Waals surface area contributed by atoms with Crippen LogP contribution in [-0.2, 0) is 10.3 Å². The van der Waals surface area contributed by atoms with Gasteiger partial charge in [-0.3, -0.25) is 9.59 Å². The Hall–Kier alpha value is -1.56. The molecule has 5 aliphatic rings. The van der Waals surface area contributed by atoms with E-state index in [0.29, 0.717) is 29.5 Å². The van der Waals surface area contributed by atoms with Gasteiger partial charge in [0, 0.05) is 6.04 Å². The van der Waals surface area contributed by atoms with Crippen molar-refractivity contribution in [3.05, 3.63) is 21.6 Å². The lowest BCUT2D eigenvalue weighted by atomic mass is 9.46. The fourth-order valence-electron chi connectivity index (χ4n) is 7.78. The molecule has 4 atom stereocenters. The maximum absolute atomic E-state index is 13.4. The number of hydrogen-bond donors (Lipinski definition) is 2. The number of anilines is 1. The van der Waals surface area contributed by atoms with Crippen molar-refractivity contribution in [2.45, 2.75) is 89.1 Å². The van der Waals surface area contributed by atoms with Gasteiger partial charge in [-0.15, -0.1) is 0 Å². The molecule has 5 saturated carbocycles. The number of aliphatic carboxylic acids is 1. The lowest BCUT2D eigenvalue weighted by Crippen LogP contribution is -2.59. The first kappa shape index (κ1) is 20.3. The predicted octanol–water partition coefficient (Wildman–Crippen LogP) is 4.66. The van der Waals surface area contributed by atoms with Crippen molar-refractivity contribution >= 4 is 23.3 Å². The highest BCUT2D eigenvalue weighted by Gasteiger charge is 2.59. The number of rotatable bonds is 5. The van der Waals surface area contributed by atoms with Gasteiger partial charge in [-0.1, -0.05) is 31.4 Å². The molecule has 5 aliphatic carbocycles. The van der Waals surface area contributed by atoms with Gasteiger partial charge in [-0.05, 0) is 74.5 Å². The number of nitrogens with one attached hydrogen (secondary N) is 1. The zero-order valence-corrected chi connectivity index (χ0v) is 18.5. The summed E-state index contributed by atoms with van der Waals surface area (Å²) in [6.07, 6.45) is 12.3. The van der Waals surface area contributed by atoms with Crippen molar-refractivity contribution in [2.75, 3.05) is 5.32 Å². The molecule has 7 heteroatoms. The molecule has 0 amide bonds. The number of halogens is 1. The number of nitrogens with zero attached hydrogens (tertiary/aromatic N) is 2. The molecular weight excluding hydrogens is 402 g/mol. The molecule has 5 fully saturated rings. The Morgan fingerprint density at radius 2 is 1.97 bits per heavy atom. The van der Waals surface area contributed by atoms with Gasteiger partial charge in [0.2, 0.25) is 0 Å². The van der Waals surface area contributed by atoms with E-state index in [2.05, 4.69) is 17.3 Å². The molecule has 0 aliphatic heterocycles. The van der Waals surface area contributed by atoms with Gasteiger partial charge < -0.3 is 10.4 Å². The van der Waals surface area contributed by atoms with Crippen LogP contribution in [0.5, 0.6) is 0 Å². The quantitative estimate of drug-likeness (QED) is 0.705. The Bertz CT molecular complexity index is 899. The molecule has 0 aromatic carbocycles. The summed E-state index contributed by atoms with van der Waals surface area (Å²) in [5.41, 5.74) is -0.159. The van der Waals surface area contributed by atoms with Crippen LogP contribution in [0.3, 0.4) is 0 Å². The van der Waals surface area contributed by atoms with Crippen LogP contribution in [0.2, 0.25) is 5.02 Å². The molecule has 6 rings (SSSR count). The second kappa shape index (κ2) is 7.25. The molecular formula is C23H32ClN3O3. The summed E-state index contributed by atoms with van der Waals surface area (Å²) in [4.78, 5) is 25.0. The highest BCUT2D eigenvalue weighted by atomic mass is 35.5. The Morgan fingerprint density at radius 1 is 1.27 bits per heavy atom. The zero-order valence-electron chi connectivity index (χ0n) is 17.7. The van der Waals surface area contributed by atoms with Crippen LogP contribution in [-0.4, -0.2) is 26.9 Å². The van der Waals surface area contributed by atoms with Crippen LogP contribution in [0.1, 0.15) is 77.6 Å². The molecule has 1 aromatic heterocycles. The van der Waals surface area contributed by atoms with Gasteiger partial charge in [0.15, 0.2) is 0 Å². The van der Waals surface area contributed by atoms with Crippen LogP contribution in [0, 0.1) is 23.2 Å². The molecule has 1 heterocycles. The van der Waals surface area contributed by atoms with E-state index in [1.807, 2.05) is 0 Å². The molecule has 6 nitrogen and oxygen atoms in total. The van der Waals surface area contributed by atoms with Crippen LogP contribution in [0.15, 0.2) is 11.0 Å². The average Bonchev–Trinajstić information content (AvgIpc) is 2.65. The van der Waals surface area contributed by atoms with E-state index >= 15 is 0 Å². The molecule has 0 radical (unpaired) electrons. The van der Waals surface area contributed by atoms with Crippen molar-refractivity contribution in [3.63, 3.8) is 0 Å². The number of carbonyl (C=O) groups is 1. The van der Waals surface area contributed by atoms with Gasteiger partial charge >= 0.3 is 5.97 Å². The number of carboxylic acids is 1. The fraction of sp³-hybridized carbons (Fsp3) is 0.783. The maximum atomic E-state index is 13.4. The lowest BCUT2D eigenvalue weighted by Gasteiger charge is -2.61. The Balaban J connectivity index is 1.46. The van der Waals surface area contributed by atoms with Gasteiger partial charge in [-0.2, -0.15) is 5.10 Å². The second-order valence-corrected chi connectivity index (χ2v) is 11.2. The molecule has 2 N–H and O–H groups in total. The summed E-state index contributed by atoms with van der Waals surface area (Å²) in [6.45, 7) is 2.25. The molecule has 0 saturated heterocycles. The standard InChI is InChI=1S/C23H32ClN3O3/c1-14-4-2-3-5-17(14)26-18-12-25-27(21(30)20(18)24)23-9-15-6-16(10-23)8-22(7-15,13-23)11-19(28)29/h12,14-17,26H,2-11,13H2,1H3,(H,28,29)/t14-,15+,16+,17+,22?,23?/m1/s1. The fourth-order valence-corrected chi connectivity index (χ4v) is 7.96. The minimum absolute atomic E-state index is 0.196. The van der Waals surface area contributed by atoms with E-state index in [0.717, 1.165) is 44.9 Å². The topological polar surface area (TPSA) is 84.2 Å². The third-order valence-corrected chi connectivity index (χ3v) is 8.86. The van der Waals surface area contributed by atoms with Crippen molar-refractivity contribution in [3.8, 4) is 0 Å². The van der Waals surface area contributed by atoms with E-state index in [-0.39, 0.29) is 28.0 Å². The molecule has 0 spiro atoms. The zero-order chi connectivity index (χ0) is 21.1. The third kappa shape index (κ3) is 3.35. The van der Waals surface area contributed by atoms with Crippen LogP contribution in [0.25, 0.3) is 0 Å². The van der Waals surface area contributed by atoms with Gasteiger partial charge in [0.25, 0.3) is 5.56 Å². The van der Waals surface area contributed by atoms with Crippen LogP contribution in [0.4, 0.5) is 5.69 Å². The van der Waals surface area contributed by atoms with Crippen molar-refractivity contribution in [1.29, 1.82) is 0 Å². The van der Waals surface area contributed by atoms with E-state index in [9.17, 15) is 14.7 Å².